The summed E-state index contributed by atoms with van der Waals surface area (Å²) >= 11 is 4.09. The van der Waals surface area contributed by atoms with Crippen molar-refractivity contribution in [1.82, 2.24) is 54.7 Å². The van der Waals surface area contributed by atoms with E-state index in [-0.39, 0.29) is 81.9 Å². The molecule has 26 nitrogen and oxygen atoms in total. The third-order valence-electron chi connectivity index (χ3n) is 16.8. The van der Waals surface area contributed by atoms with Crippen molar-refractivity contribution in [3.63, 3.8) is 0 Å². The predicted octanol–water partition coefficient (Wildman–Crippen LogP) is 1.12. The molecule has 3 heterocycles. The second-order valence-electron chi connectivity index (χ2n) is 24.0. The molecule has 3 aliphatic heterocycles. The maximum atomic E-state index is 15.0. The Bertz CT molecular complexity index is 2890. The molecule has 3 fully saturated rings. The summed E-state index contributed by atoms with van der Waals surface area (Å²) in [5.41, 5.74) is 16.7. The summed E-state index contributed by atoms with van der Waals surface area (Å²) < 4.78 is 47.9. The van der Waals surface area contributed by atoms with Gasteiger partial charge in [0.2, 0.25) is 65.0 Å². The van der Waals surface area contributed by atoms with Crippen LogP contribution in [0.5, 0.6) is 0 Å². The molecule has 0 aliphatic carbocycles. The van der Waals surface area contributed by atoms with Gasteiger partial charge in [-0.25, -0.2) is 0 Å². The lowest BCUT2D eigenvalue weighted by Crippen LogP contribution is -2.54. The Labute approximate surface area is 560 Å². The van der Waals surface area contributed by atoms with Crippen LogP contribution in [0.1, 0.15) is 107 Å². The minimum Gasteiger partial charge on any atom is -0.376 e. The van der Waals surface area contributed by atoms with Gasteiger partial charge >= 0.3 is 6.18 Å². The average Bonchev–Trinajstić information content (AvgIpc) is 2.23. The van der Waals surface area contributed by atoms with Crippen LogP contribution in [-0.4, -0.2) is 264 Å². The SMILES string of the molecule is C=CCN(CC(=O)N(CC(=O)N(CCCN1CCCC1=O)CC(=O)N(CCCCN)CC(=O)N(CCCCN)CC(=O)NC(CS)C(N)=O)CC1CCCO1)C(=O)CN(C(=O)CN(Cc1cccc(C(F)(F)F)c1)C(=O)CNCCCN1CCCC1=O)C(C)c1ccccc1. The van der Waals surface area contributed by atoms with Crippen molar-refractivity contribution in [2.75, 3.05) is 143 Å². The van der Waals surface area contributed by atoms with Gasteiger partial charge < -0.3 is 76.7 Å². The number of nitrogens with one attached hydrogen (secondary N) is 2. The molecular formula is C65H97F3N14O12S. The summed E-state index contributed by atoms with van der Waals surface area (Å²) in [6, 6.07) is 11.1. The first kappa shape index (κ1) is 78.0. The highest BCUT2D eigenvalue weighted by Crippen LogP contribution is 2.30. The topological polar surface area (TPSA) is 328 Å². The number of alkyl halides is 3. The van der Waals surface area contributed by atoms with E-state index in [1.165, 1.54) is 42.7 Å². The number of carbonyl (C=O) groups excluding carboxylic acids is 11. The van der Waals surface area contributed by atoms with E-state index >= 15 is 0 Å². The van der Waals surface area contributed by atoms with E-state index in [4.69, 9.17) is 21.9 Å². The Kier molecular flexibility index (Phi) is 33.4. The molecule has 2 aromatic rings. The Balaban J connectivity index is 1.41. The quantitative estimate of drug-likeness (QED) is 0.0308. The van der Waals surface area contributed by atoms with E-state index in [1.54, 1.807) is 47.1 Å². The number of hydrogen-bond donors (Lipinski definition) is 6. The molecule has 0 spiro atoms. The van der Waals surface area contributed by atoms with Gasteiger partial charge in [0, 0.05) is 90.6 Å². The lowest BCUT2D eigenvalue weighted by atomic mass is 10.1. The molecule has 11 amide bonds. The van der Waals surface area contributed by atoms with Gasteiger partial charge in [0.05, 0.1) is 50.4 Å². The van der Waals surface area contributed by atoms with Crippen molar-refractivity contribution in [2.24, 2.45) is 17.2 Å². The van der Waals surface area contributed by atoms with Gasteiger partial charge in [-0.1, -0.05) is 48.5 Å². The van der Waals surface area contributed by atoms with E-state index in [9.17, 15) is 65.9 Å². The second-order valence-corrected chi connectivity index (χ2v) is 24.4. The molecule has 30 heteroatoms. The fourth-order valence-electron chi connectivity index (χ4n) is 11.3. The maximum absolute atomic E-state index is 15.0. The van der Waals surface area contributed by atoms with E-state index in [2.05, 4.69) is 29.8 Å². The zero-order chi connectivity index (χ0) is 69.5. The number of rotatable bonds is 43. The van der Waals surface area contributed by atoms with Gasteiger partial charge in [0.15, 0.2) is 0 Å². The molecule has 5 rings (SSSR count). The monoisotopic (exact) mass is 1350 g/mol. The van der Waals surface area contributed by atoms with Gasteiger partial charge in [-0.15, -0.1) is 6.58 Å². The zero-order valence-electron chi connectivity index (χ0n) is 54.7. The van der Waals surface area contributed by atoms with Crippen LogP contribution in [0, 0.1) is 0 Å². The number of benzene rings is 2. The fraction of sp³-hybridized carbons (Fsp3) is 0.615. The summed E-state index contributed by atoms with van der Waals surface area (Å²) in [5, 5.41) is 5.51. The molecule has 0 aromatic heterocycles. The summed E-state index contributed by atoms with van der Waals surface area (Å²) in [4.78, 5) is 165. The van der Waals surface area contributed by atoms with Crippen LogP contribution < -0.4 is 27.8 Å². The number of nitrogens with two attached hydrogens (primary N) is 3. The van der Waals surface area contributed by atoms with Crippen molar-refractivity contribution in [3.8, 4) is 0 Å². The number of primary amides is 1. The third-order valence-corrected chi connectivity index (χ3v) is 17.1. The molecular weight excluding hydrogens is 1260 g/mol. The molecule has 95 heavy (non-hydrogen) atoms. The van der Waals surface area contributed by atoms with Crippen molar-refractivity contribution in [1.29, 1.82) is 0 Å². The molecule has 526 valence electrons. The van der Waals surface area contributed by atoms with E-state index in [1.807, 2.05) is 0 Å². The van der Waals surface area contributed by atoms with Crippen molar-refractivity contribution >= 4 is 77.6 Å². The van der Waals surface area contributed by atoms with Crippen molar-refractivity contribution in [3.05, 3.63) is 83.9 Å². The van der Waals surface area contributed by atoms with Crippen LogP contribution in [0.2, 0.25) is 0 Å². The van der Waals surface area contributed by atoms with Gasteiger partial charge in [-0.05, 0) is 114 Å². The maximum Gasteiger partial charge on any atom is 0.416 e. The van der Waals surface area contributed by atoms with Gasteiger partial charge in [-0.2, -0.15) is 25.8 Å². The standard InChI is InChI=1S/C65H97F3N14O12S/c1-3-27-76(62(91)46-82(48(2)50-18-5-4-6-19-50)63(92)45-80(38-49-17-11-20-51(36-49)65(66,67)68)57(86)37-72-26-15-32-74-30-12-22-55(74)84)43-61(90)81(39-52-21-14-35-94-52)44-60(89)79(34-16-33-75-31-13-23-56(75)85)42-59(88)78(29-10-8-25-70)41-58(87)77(28-9-7-24-69)40-54(83)73-53(47-95)64(71)93/h3-6,11,17-20,36,48,52-53,72,95H,1,7-10,12-16,21-35,37-47,69-70H2,2H3,(H2,71,93)(H,73,83). The highest BCUT2D eigenvalue weighted by Gasteiger charge is 2.35. The predicted molar refractivity (Wildman–Crippen MR) is 351 cm³/mol. The molecule has 3 atom stereocenters. The summed E-state index contributed by atoms with van der Waals surface area (Å²) in [7, 11) is 0. The number of hydrogen-bond acceptors (Lipinski definition) is 16. The number of amides is 11. The number of unbranched alkanes of at least 4 members (excludes halogenated alkanes) is 2. The summed E-state index contributed by atoms with van der Waals surface area (Å²) in [6.45, 7) is 3.38. The van der Waals surface area contributed by atoms with Gasteiger partial charge in [0.25, 0.3) is 0 Å². The fourth-order valence-corrected chi connectivity index (χ4v) is 11.6. The van der Waals surface area contributed by atoms with Crippen LogP contribution >= 0.6 is 12.6 Å². The number of ether oxygens (including phenoxy) is 1. The molecule has 0 saturated carbocycles. The largest absolute Gasteiger partial charge is 0.416 e. The average molecular weight is 1360 g/mol. The first-order chi connectivity index (χ1) is 45.5. The lowest BCUT2D eigenvalue weighted by molar-refractivity contribution is -0.149. The summed E-state index contributed by atoms with van der Waals surface area (Å²) in [6.07, 6.45) is 2.02. The number of carbonyl (C=O) groups is 11. The lowest BCUT2D eigenvalue weighted by Gasteiger charge is -2.34. The molecule has 0 bridgehead atoms. The van der Waals surface area contributed by atoms with Crippen LogP contribution in [0.15, 0.2) is 67.3 Å². The first-order valence-electron chi connectivity index (χ1n) is 32.7. The minimum atomic E-state index is -4.71. The zero-order valence-corrected chi connectivity index (χ0v) is 55.6. The normalized spacial score (nSPS) is 15.3. The Hall–Kier alpha value is -7.67. The number of halogens is 3. The van der Waals surface area contributed by atoms with Crippen molar-refractivity contribution in [2.45, 2.75) is 115 Å². The molecule has 3 unspecified atom stereocenters. The Morgan fingerprint density at radius 3 is 1.76 bits per heavy atom. The highest BCUT2D eigenvalue weighted by atomic mass is 32.1. The molecule has 3 aliphatic rings. The smallest absolute Gasteiger partial charge is 0.376 e. The number of thiol groups is 1. The number of nitrogens with zero attached hydrogens (tertiary/aromatic N) is 9. The minimum absolute atomic E-state index is 0.0284. The van der Waals surface area contributed by atoms with E-state index < -0.39 is 135 Å². The van der Waals surface area contributed by atoms with E-state index in [0.717, 1.165) is 28.4 Å². The third kappa shape index (κ3) is 26.5. The first-order valence-corrected chi connectivity index (χ1v) is 33.3. The van der Waals surface area contributed by atoms with Crippen LogP contribution in [-0.2, 0) is 70.2 Å². The van der Waals surface area contributed by atoms with Crippen LogP contribution in [0.4, 0.5) is 13.2 Å². The summed E-state index contributed by atoms with van der Waals surface area (Å²) in [5.74, 6) is -6.44. The molecule has 8 N–H and O–H groups in total. The van der Waals surface area contributed by atoms with Gasteiger partial charge in [0.1, 0.15) is 25.7 Å². The Morgan fingerprint density at radius 1 is 0.674 bits per heavy atom. The molecule has 0 radical (unpaired) electrons. The molecule has 2 aromatic carbocycles. The van der Waals surface area contributed by atoms with Crippen LogP contribution in [0.3, 0.4) is 0 Å². The highest BCUT2D eigenvalue weighted by molar-refractivity contribution is 7.80. The number of likely N-dealkylation sites (tertiary alicyclic amines) is 2. The second kappa shape index (κ2) is 40.7. The van der Waals surface area contributed by atoms with E-state index in [0.29, 0.717) is 109 Å². The Morgan fingerprint density at radius 2 is 1.22 bits per heavy atom. The molecule has 3 saturated heterocycles. The van der Waals surface area contributed by atoms with Gasteiger partial charge in [-0.3, -0.25) is 52.7 Å². The van der Waals surface area contributed by atoms with Crippen molar-refractivity contribution < 1.29 is 70.6 Å². The van der Waals surface area contributed by atoms with Crippen LogP contribution in [0.25, 0.3) is 0 Å².